The smallest absolute Gasteiger partial charge is 0.170 e. The highest BCUT2D eigenvalue weighted by Gasteiger charge is 2.24. The van der Waals surface area contributed by atoms with Gasteiger partial charge in [-0.15, -0.1) is 0 Å². The van der Waals surface area contributed by atoms with Crippen molar-refractivity contribution in [1.29, 1.82) is 0 Å². The Morgan fingerprint density at radius 1 is 0.676 bits per heavy atom. The maximum atomic E-state index is 12.9. The highest BCUT2D eigenvalue weighted by atomic mass is 31.1. The summed E-state index contributed by atoms with van der Waals surface area (Å²) in [5, 5.41) is 0. The molecule has 0 saturated heterocycles. The fourth-order valence-electron chi connectivity index (χ4n) is 4.09. The lowest BCUT2D eigenvalue weighted by atomic mass is 9.99. The minimum Gasteiger partial charge on any atom is -0.496 e. The zero-order valence-corrected chi connectivity index (χ0v) is 21.8. The second kappa shape index (κ2) is 13.2. The number of ether oxygens (including phenoxy) is 4. The van der Waals surface area contributed by atoms with E-state index in [1.165, 1.54) is 28.4 Å². The molecule has 2 atom stereocenters. The molecular weight excluding hydrogens is 455 g/mol. The zero-order chi connectivity index (χ0) is 25.3. The van der Waals surface area contributed by atoms with Crippen molar-refractivity contribution in [3.05, 3.63) is 47.5 Å². The van der Waals surface area contributed by atoms with Gasteiger partial charge in [0, 0.05) is 25.2 Å². The predicted molar refractivity (Wildman–Crippen MR) is 134 cm³/mol. The van der Waals surface area contributed by atoms with Gasteiger partial charge in [0.25, 0.3) is 0 Å². The third kappa shape index (κ3) is 7.10. The lowest BCUT2D eigenvalue weighted by Crippen LogP contribution is -2.13. The molecule has 0 aliphatic carbocycles. The van der Waals surface area contributed by atoms with E-state index in [2.05, 4.69) is 0 Å². The molecule has 2 rings (SSSR count). The molecule has 0 amide bonds. The van der Waals surface area contributed by atoms with Crippen molar-refractivity contribution in [2.45, 2.75) is 26.7 Å². The van der Waals surface area contributed by atoms with E-state index < -0.39 is 7.80 Å². The van der Waals surface area contributed by atoms with Crippen LogP contribution in [0.15, 0.2) is 36.4 Å². The lowest BCUT2D eigenvalue weighted by molar-refractivity contribution is 0.0954. The highest BCUT2D eigenvalue weighted by molar-refractivity contribution is 7.44. The average Bonchev–Trinajstić information content (AvgIpc) is 2.81. The minimum atomic E-state index is -1.98. The lowest BCUT2D eigenvalue weighted by Gasteiger charge is -2.17. The van der Waals surface area contributed by atoms with Gasteiger partial charge in [0.15, 0.2) is 11.6 Å². The summed E-state index contributed by atoms with van der Waals surface area (Å²) in [4.78, 5) is 25.8. The first kappa shape index (κ1) is 27.5. The van der Waals surface area contributed by atoms with Gasteiger partial charge in [-0.1, -0.05) is 26.0 Å². The number of ketones is 2. The monoisotopic (exact) mass is 490 g/mol. The van der Waals surface area contributed by atoms with Crippen LogP contribution in [-0.4, -0.2) is 52.3 Å². The van der Waals surface area contributed by atoms with E-state index in [4.69, 9.17) is 18.9 Å². The molecule has 0 aliphatic rings. The van der Waals surface area contributed by atoms with Gasteiger partial charge in [0.1, 0.15) is 34.1 Å². The van der Waals surface area contributed by atoms with Crippen LogP contribution in [0.1, 0.15) is 47.4 Å². The van der Waals surface area contributed by atoms with E-state index >= 15 is 0 Å². The topological polar surface area (TPSA) is 88.1 Å². The van der Waals surface area contributed by atoms with Gasteiger partial charge in [-0.3, -0.25) is 9.59 Å². The molecule has 34 heavy (non-hydrogen) atoms. The number of benzene rings is 2. The average molecular weight is 491 g/mol. The molecule has 0 bridgehead atoms. The van der Waals surface area contributed by atoms with Gasteiger partial charge in [0.2, 0.25) is 0 Å². The summed E-state index contributed by atoms with van der Waals surface area (Å²) in [6.45, 7) is 3.83. The van der Waals surface area contributed by atoms with Gasteiger partial charge < -0.3 is 23.5 Å². The molecule has 8 heteroatoms. The fourth-order valence-corrected chi connectivity index (χ4v) is 6.10. The summed E-state index contributed by atoms with van der Waals surface area (Å²) >= 11 is 0. The van der Waals surface area contributed by atoms with Crippen molar-refractivity contribution < 1.29 is 33.1 Å². The van der Waals surface area contributed by atoms with E-state index in [0.717, 1.165) is 0 Å². The Morgan fingerprint density at radius 2 is 0.971 bits per heavy atom. The third-order valence-corrected chi connectivity index (χ3v) is 7.94. The quantitative estimate of drug-likeness (QED) is 0.259. The zero-order valence-electron chi connectivity index (χ0n) is 20.8. The van der Waals surface area contributed by atoms with Crippen molar-refractivity contribution in [3.8, 4) is 23.0 Å². The highest BCUT2D eigenvalue weighted by Crippen LogP contribution is 2.35. The second-order valence-electron chi connectivity index (χ2n) is 8.49. The number of carbonyl (C=O) groups excluding carboxylic acids is 2. The molecular formula is C26H35O7P. The van der Waals surface area contributed by atoms with Crippen molar-refractivity contribution >= 4 is 19.4 Å². The number of hydrogen-bond donors (Lipinski definition) is 0. The first-order chi connectivity index (χ1) is 16.2. The summed E-state index contributed by atoms with van der Waals surface area (Å²) < 4.78 is 34.2. The van der Waals surface area contributed by atoms with E-state index in [-0.39, 0.29) is 36.2 Å². The van der Waals surface area contributed by atoms with E-state index in [9.17, 15) is 14.2 Å². The Kier molecular flexibility index (Phi) is 10.6. The molecule has 0 fully saturated rings. The molecule has 0 spiro atoms. The van der Waals surface area contributed by atoms with Crippen LogP contribution in [0.2, 0.25) is 0 Å². The maximum absolute atomic E-state index is 12.9. The van der Waals surface area contributed by atoms with Gasteiger partial charge >= 0.3 is 0 Å². The molecule has 7 nitrogen and oxygen atoms in total. The first-order valence-corrected chi connectivity index (χ1v) is 13.1. The summed E-state index contributed by atoms with van der Waals surface area (Å²) in [6.07, 6.45) is 1.34. The summed E-state index contributed by atoms with van der Waals surface area (Å²) in [5.41, 5.74) is 0.812. The van der Waals surface area contributed by atoms with Gasteiger partial charge in [0.05, 0.1) is 36.2 Å². The van der Waals surface area contributed by atoms with Crippen LogP contribution in [0.4, 0.5) is 0 Å². The van der Waals surface area contributed by atoms with Crippen molar-refractivity contribution in [2.24, 2.45) is 11.8 Å². The van der Waals surface area contributed by atoms with Crippen LogP contribution in [0.5, 0.6) is 23.0 Å². The van der Waals surface area contributed by atoms with E-state index in [1.807, 2.05) is 13.8 Å². The summed E-state index contributed by atoms with van der Waals surface area (Å²) in [5.74, 6) is 1.47. The molecule has 2 aromatic rings. The number of Topliss-reactive ketones (excluding diaryl/α,β-unsaturated/α-hetero) is 2. The fraction of sp³-hybridized carbons (Fsp3) is 0.462. The van der Waals surface area contributed by atoms with Gasteiger partial charge in [-0.2, -0.15) is 0 Å². The Bertz CT molecular complexity index is 894. The summed E-state index contributed by atoms with van der Waals surface area (Å²) in [6, 6.07) is 10.4. The molecule has 0 saturated carbocycles. The number of methoxy groups -OCH3 is 4. The first-order valence-electron chi connectivity index (χ1n) is 11.3. The number of hydrogen-bond acceptors (Lipinski definition) is 7. The van der Waals surface area contributed by atoms with Crippen molar-refractivity contribution in [2.75, 3.05) is 40.8 Å². The Morgan fingerprint density at radius 3 is 1.24 bits per heavy atom. The van der Waals surface area contributed by atoms with Crippen molar-refractivity contribution in [1.82, 2.24) is 0 Å². The van der Waals surface area contributed by atoms with Crippen LogP contribution in [0.3, 0.4) is 0 Å². The number of rotatable bonds is 14. The summed E-state index contributed by atoms with van der Waals surface area (Å²) in [7, 11) is 4.06. The van der Waals surface area contributed by atoms with Crippen LogP contribution in [-0.2, 0) is 4.57 Å². The SMILES string of the molecule is COc1cccc(OC)c1C(=O)CC(C)C[PH](=O)CC(C)CC(=O)c1c(OC)cccc1OC. The third-order valence-electron chi connectivity index (χ3n) is 5.63. The normalized spacial score (nSPS) is 13.5. The van der Waals surface area contributed by atoms with Crippen LogP contribution in [0, 0.1) is 11.8 Å². The molecule has 0 radical (unpaired) electrons. The van der Waals surface area contributed by atoms with E-state index in [0.29, 0.717) is 46.4 Å². The molecule has 186 valence electrons. The Hall–Kier alpha value is -2.79. The van der Waals surface area contributed by atoms with E-state index in [1.54, 1.807) is 36.4 Å². The molecule has 0 N–H and O–H groups in total. The van der Waals surface area contributed by atoms with Gasteiger partial charge in [-0.05, 0) is 36.1 Å². The van der Waals surface area contributed by atoms with Crippen molar-refractivity contribution in [3.63, 3.8) is 0 Å². The standard InChI is InChI=1S/C26H35O7P/c1-17(13-19(27)25-21(30-3)9-7-10-22(25)31-4)15-34(29)16-18(2)14-20(28)26-23(32-5)11-8-12-24(26)33-6/h7-12,17-18,34H,13-16H2,1-6H3. The molecule has 2 unspecified atom stereocenters. The maximum Gasteiger partial charge on any atom is 0.170 e. The Labute approximate surface area is 202 Å². The van der Waals surface area contributed by atoms with Crippen LogP contribution < -0.4 is 18.9 Å². The minimum absolute atomic E-state index is 0.0780. The van der Waals surface area contributed by atoms with Gasteiger partial charge in [-0.25, -0.2) is 0 Å². The molecule has 0 aromatic heterocycles. The number of carbonyl (C=O) groups is 2. The molecule has 0 heterocycles. The molecule has 0 aliphatic heterocycles. The predicted octanol–water partition coefficient (Wildman–Crippen LogP) is 5.40. The Balaban J connectivity index is 1.96. The van der Waals surface area contributed by atoms with Crippen LogP contribution >= 0.6 is 7.80 Å². The largest absolute Gasteiger partial charge is 0.496 e. The molecule has 2 aromatic carbocycles. The second-order valence-corrected chi connectivity index (χ2v) is 10.4. The van der Waals surface area contributed by atoms with Crippen LogP contribution in [0.25, 0.3) is 0 Å².